The van der Waals surface area contributed by atoms with Gasteiger partial charge in [-0.1, -0.05) is 24.3 Å². The predicted octanol–water partition coefficient (Wildman–Crippen LogP) is 3.02. The minimum absolute atomic E-state index is 0.335. The molecule has 0 aliphatic carbocycles. The summed E-state index contributed by atoms with van der Waals surface area (Å²) >= 11 is 0. The lowest BCUT2D eigenvalue weighted by Gasteiger charge is -2.01. The molecule has 2 heteroatoms. The fourth-order valence-electron chi connectivity index (χ4n) is 1.98. The van der Waals surface area contributed by atoms with E-state index in [1.54, 1.807) is 0 Å². The van der Waals surface area contributed by atoms with Crippen molar-refractivity contribution in [2.45, 2.75) is 13.1 Å². The Morgan fingerprint density at radius 2 is 1.43 bits per heavy atom. The zero-order valence-corrected chi connectivity index (χ0v) is 8.04. The molecule has 0 atom stereocenters. The fraction of sp³-hybridized carbons (Fsp3) is 0.167. The lowest BCUT2D eigenvalue weighted by atomic mass is 10.1. The zero-order chi connectivity index (χ0) is 9.54. The minimum Gasteiger partial charge on any atom is -0.364 e. The van der Waals surface area contributed by atoms with Gasteiger partial charge in [0.2, 0.25) is 0 Å². The van der Waals surface area contributed by atoms with Crippen LogP contribution in [0.15, 0.2) is 36.4 Å². The maximum absolute atomic E-state index is 3.38. The molecule has 2 nitrogen and oxygen atoms in total. The molecule has 0 aromatic heterocycles. The van der Waals surface area contributed by atoms with Crippen molar-refractivity contribution in [1.29, 1.82) is 0 Å². The molecule has 0 saturated heterocycles. The first-order chi connectivity index (χ1) is 6.83. The Morgan fingerprint density at radius 3 is 1.93 bits per heavy atom. The first-order valence-corrected chi connectivity index (χ1v) is 4.89. The highest BCUT2D eigenvalue weighted by atomic mass is 15.2. The van der Waals surface area contributed by atoms with Gasteiger partial charge in [-0.15, -0.1) is 0 Å². The van der Waals surface area contributed by atoms with E-state index in [4.69, 9.17) is 0 Å². The zero-order valence-electron chi connectivity index (χ0n) is 8.04. The summed E-state index contributed by atoms with van der Waals surface area (Å²) in [5.41, 5.74) is 2.41. The highest BCUT2D eigenvalue weighted by molar-refractivity contribution is 5.93. The molecule has 3 rings (SSSR count). The third-order valence-electron chi connectivity index (χ3n) is 2.63. The van der Waals surface area contributed by atoms with Gasteiger partial charge in [0.25, 0.3) is 0 Å². The Labute approximate surface area is 82.9 Å². The van der Waals surface area contributed by atoms with Gasteiger partial charge in [-0.05, 0) is 29.8 Å². The van der Waals surface area contributed by atoms with E-state index in [-0.39, 0.29) is 0 Å². The van der Waals surface area contributed by atoms with Crippen LogP contribution in [-0.2, 0) is 0 Å². The quantitative estimate of drug-likeness (QED) is 0.657. The maximum Gasteiger partial charge on any atom is 0.0935 e. The van der Waals surface area contributed by atoms with E-state index in [1.807, 2.05) is 0 Å². The van der Waals surface area contributed by atoms with Crippen LogP contribution < -0.4 is 10.6 Å². The summed E-state index contributed by atoms with van der Waals surface area (Å²) in [6, 6.07) is 12.8. The second kappa shape index (κ2) is 2.64. The van der Waals surface area contributed by atoms with Gasteiger partial charge < -0.3 is 10.6 Å². The molecule has 0 amide bonds. The van der Waals surface area contributed by atoms with Gasteiger partial charge >= 0.3 is 0 Å². The van der Waals surface area contributed by atoms with E-state index in [1.165, 1.54) is 22.1 Å². The van der Waals surface area contributed by atoms with Crippen molar-refractivity contribution >= 4 is 22.1 Å². The normalized spacial score (nSPS) is 14.9. The largest absolute Gasteiger partial charge is 0.364 e. The van der Waals surface area contributed by atoms with E-state index >= 15 is 0 Å². The van der Waals surface area contributed by atoms with Crippen LogP contribution in [0.25, 0.3) is 10.8 Å². The second-order valence-corrected chi connectivity index (χ2v) is 3.76. The number of hydrogen-bond donors (Lipinski definition) is 2. The second-order valence-electron chi connectivity index (χ2n) is 3.76. The SMILES string of the molecule is CC1Nc2cc3ccccc3cc2N1. The number of anilines is 2. The van der Waals surface area contributed by atoms with Crippen molar-refractivity contribution in [2.24, 2.45) is 0 Å². The molecule has 1 aliphatic heterocycles. The van der Waals surface area contributed by atoms with Crippen LogP contribution >= 0.6 is 0 Å². The average molecular weight is 184 g/mol. The molecule has 2 N–H and O–H groups in total. The molecular weight excluding hydrogens is 172 g/mol. The molecular formula is C12H12N2. The summed E-state index contributed by atoms with van der Waals surface area (Å²) in [4.78, 5) is 0. The van der Waals surface area contributed by atoms with Crippen LogP contribution in [0.3, 0.4) is 0 Å². The van der Waals surface area contributed by atoms with Gasteiger partial charge in [-0.3, -0.25) is 0 Å². The van der Waals surface area contributed by atoms with Crippen LogP contribution in [0.1, 0.15) is 6.92 Å². The van der Waals surface area contributed by atoms with Crippen LogP contribution in [-0.4, -0.2) is 6.17 Å². The highest BCUT2D eigenvalue weighted by Crippen LogP contribution is 2.32. The first-order valence-electron chi connectivity index (χ1n) is 4.89. The van der Waals surface area contributed by atoms with Crippen molar-refractivity contribution < 1.29 is 0 Å². The Morgan fingerprint density at radius 1 is 0.929 bits per heavy atom. The fourth-order valence-corrected chi connectivity index (χ4v) is 1.98. The van der Waals surface area contributed by atoms with Crippen molar-refractivity contribution in [3.8, 4) is 0 Å². The lowest BCUT2D eigenvalue weighted by molar-refractivity contribution is 0.956. The van der Waals surface area contributed by atoms with Gasteiger partial charge in [-0.25, -0.2) is 0 Å². The summed E-state index contributed by atoms with van der Waals surface area (Å²) < 4.78 is 0. The molecule has 0 spiro atoms. The van der Waals surface area contributed by atoms with Gasteiger partial charge in [0.05, 0.1) is 17.5 Å². The lowest BCUT2D eigenvalue weighted by Crippen LogP contribution is -2.16. The molecule has 1 heterocycles. The topological polar surface area (TPSA) is 24.1 Å². The standard InChI is InChI=1S/C12H12N2/c1-8-13-11-6-9-4-2-3-5-10(9)7-12(11)14-8/h2-8,13-14H,1H3. The molecule has 0 fully saturated rings. The van der Waals surface area contributed by atoms with Crippen molar-refractivity contribution in [1.82, 2.24) is 0 Å². The predicted molar refractivity (Wildman–Crippen MR) is 60.7 cm³/mol. The van der Waals surface area contributed by atoms with Crippen molar-refractivity contribution in [3.63, 3.8) is 0 Å². The van der Waals surface area contributed by atoms with Crippen molar-refractivity contribution in [3.05, 3.63) is 36.4 Å². The summed E-state index contributed by atoms with van der Waals surface area (Å²) in [6.07, 6.45) is 0.335. The van der Waals surface area contributed by atoms with Gasteiger partial charge in [0.15, 0.2) is 0 Å². The summed E-state index contributed by atoms with van der Waals surface area (Å²) in [6.45, 7) is 2.12. The molecule has 0 saturated carbocycles. The smallest absolute Gasteiger partial charge is 0.0935 e. The Hall–Kier alpha value is -1.70. The molecule has 2 aromatic rings. The third kappa shape index (κ3) is 1.04. The number of nitrogens with one attached hydrogen (secondary N) is 2. The highest BCUT2D eigenvalue weighted by Gasteiger charge is 2.15. The molecule has 14 heavy (non-hydrogen) atoms. The van der Waals surface area contributed by atoms with Gasteiger partial charge in [-0.2, -0.15) is 0 Å². The van der Waals surface area contributed by atoms with E-state index < -0.39 is 0 Å². The monoisotopic (exact) mass is 184 g/mol. The van der Waals surface area contributed by atoms with Crippen LogP contribution in [0.5, 0.6) is 0 Å². The van der Waals surface area contributed by atoms with E-state index in [2.05, 4.69) is 54.0 Å². The molecule has 1 aliphatic rings. The Balaban J connectivity index is 2.27. The van der Waals surface area contributed by atoms with Crippen molar-refractivity contribution in [2.75, 3.05) is 10.6 Å². The van der Waals surface area contributed by atoms with E-state index in [0.717, 1.165) is 0 Å². The number of fused-ring (bicyclic) bond motifs is 2. The Bertz CT molecular complexity index is 446. The van der Waals surface area contributed by atoms with E-state index in [0.29, 0.717) is 6.17 Å². The molecule has 0 bridgehead atoms. The Kier molecular flexibility index (Phi) is 1.45. The average Bonchev–Trinajstić information content (AvgIpc) is 2.53. The molecule has 70 valence electrons. The summed E-state index contributed by atoms with van der Waals surface area (Å²) in [5, 5.41) is 9.33. The maximum atomic E-state index is 3.38. The number of hydrogen-bond acceptors (Lipinski definition) is 2. The first kappa shape index (κ1) is 7.68. The number of benzene rings is 2. The third-order valence-corrected chi connectivity index (χ3v) is 2.63. The molecule has 2 aromatic carbocycles. The van der Waals surface area contributed by atoms with Crippen LogP contribution in [0.2, 0.25) is 0 Å². The molecule has 0 unspecified atom stereocenters. The van der Waals surface area contributed by atoms with E-state index in [9.17, 15) is 0 Å². The number of rotatable bonds is 0. The summed E-state index contributed by atoms with van der Waals surface area (Å²) in [5.74, 6) is 0. The minimum atomic E-state index is 0.335. The van der Waals surface area contributed by atoms with Crippen LogP contribution in [0, 0.1) is 0 Å². The van der Waals surface area contributed by atoms with Crippen LogP contribution in [0.4, 0.5) is 11.4 Å². The van der Waals surface area contributed by atoms with Gasteiger partial charge in [0, 0.05) is 0 Å². The molecule has 0 radical (unpaired) electrons. The summed E-state index contributed by atoms with van der Waals surface area (Å²) in [7, 11) is 0. The van der Waals surface area contributed by atoms with Gasteiger partial charge in [0.1, 0.15) is 0 Å².